The Morgan fingerprint density at radius 3 is 2.56 bits per heavy atom. The zero-order chi connectivity index (χ0) is 17.6. The number of nitro groups is 1. The van der Waals surface area contributed by atoms with E-state index in [0.29, 0.717) is 11.6 Å². The molecule has 7 heteroatoms. The first-order valence-electron chi connectivity index (χ1n) is 8.19. The van der Waals surface area contributed by atoms with E-state index in [1.165, 1.54) is 12.1 Å². The van der Waals surface area contributed by atoms with E-state index < -0.39 is 4.92 Å². The molecule has 0 saturated carbocycles. The maximum absolute atomic E-state index is 10.7. The van der Waals surface area contributed by atoms with Crippen molar-refractivity contribution in [3.05, 3.63) is 58.6 Å². The lowest BCUT2D eigenvalue weighted by Gasteiger charge is -2.11. The molecule has 128 valence electrons. The third-order valence-corrected chi connectivity index (χ3v) is 3.76. The lowest BCUT2D eigenvalue weighted by molar-refractivity contribution is -0.384. The summed E-state index contributed by atoms with van der Waals surface area (Å²) in [6.07, 6.45) is 2.16. The molecule has 1 aromatic heterocycles. The molecule has 0 saturated heterocycles. The monoisotopic (exact) mass is 337 g/mol. The maximum Gasteiger partial charge on any atom is 0.269 e. The summed E-state index contributed by atoms with van der Waals surface area (Å²) in [4.78, 5) is 19.4. The second kappa shape index (κ2) is 7.57. The van der Waals surface area contributed by atoms with Crippen LogP contribution in [0.3, 0.4) is 0 Å². The van der Waals surface area contributed by atoms with E-state index >= 15 is 0 Å². The molecule has 25 heavy (non-hydrogen) atoms. The van der Waals surface area contributed by atoms with E-state index in [9.17, 15) is 10.1 Å². The number of unbranched alkanes of at least 4 members (excludes halogenated alkanes) is 1. The van der Waals surface area contributed by atoms with Crippen LogP contribution >= 0.6 is 0 Å². The van der Waals surface area contributed by atoms with Gasteiger partial charge in [-0.15, -0.1) is 0 Å². The molecule has 0 spiro atoms. The van der Waals surface area contributed by atoms with Crippen LogP contribution in [0.1, 0.15) is 19.8 Å². The fraction of sp³-hybridized carbons (Fsp3) is 0.222. The van der Waals surface area contributed by atoms with E-state index in [2.05, 4.69) is 27.5 Å². The third kappa shape index (κ3) is 4.00. The van der Waals surface area contributed by atoms with Crippen molar-refractivity contribution < 1.29 is 4.92 Å². The molecule has 0 unspecified atom stereocenters. The summed E-state index contributed by atoms with van der Waals surface area (Å²) in [6.45, 7) is 2.98. The number of fused-ring (bicyclic) bond motifs is 1. The van der Waals surface area contributed by atoms with Crippen molar-refractivity contribution in [1.29, 1.82) is 0 Å². The average molecular weight is 337 g/mol. The first kappa shape index (κ1) is 16.6. The Balaban J connectivity index is 1.88. The predicted octanol–water partition coefficient (Wildman–Crippen LogP) is 4.49. The fourth-order valence-corrected chi connectivity index (χ4v) is 2.45. The number of benzene rings is 2. The van der Waals surface area contributed by atoms with E-state index in [0.717, 1.165) is 36.1 Å². The Morgan fingerprint density at radius 2 is 1.84 bits per heavy atom. The highest BCUT2D eigenvalue weighted by Crippen LogP contribution is 2.24. The molecule has 0 aliphatic carbocycles. The van der Waals surface area contributed by atoms with Gasteiger partial charge in [-0.3, -0.25) is 10.1 Å². The molecular weight excluding hydrogens is 318 g/mol. The zero-order valence-corrected chi connectivity index (χ0v) is 13.9. The summed E-state index contributed by atoms with van der Waals surface area (Å²) in [7, 11) is 0. The SMILES string of the molecule is CCCCNc1nc(Nc2ccc([N+](=O)[O-])cc2)nc2ccccc12. The minimum Gasteiger partial charge on any atom is -0.369 e. The molecule has 1 heterocycles. The van der Waals surface area contributed by atoms with Gasteiger partial charge in [0.2, 0.25) is 5.95 Å². The van der Waals surface area contributed by atoms with Gasteiger partial charge in [-0.05, 0) is 30.7 Å². The van der Waals surface area contributed by atoms with Gasteiger partial charge < -0.3 is 10.6 Å². The van der Waals surface area contributed by atoms with Crippen molar-refractivity contribution in [2.75, 3.05) is 17.2 Å². The highest BCUT2D eigenvalue weighted by atomic mass is 16.6. The van der Waals surface area contributed by atoms with Gasteiger partial charge in [0.15, 0.2) is 0 Å². The van der Waals surface area contributed by atoms with Crippen LogP contribution in [0, 0.1) is 10.1 Å². The topological polar surface area (TPSA) is 93.0 Å². The average Bonchev–Trinajstić information content (AvgIpc) is 2.62. The summed E-state index contributed by atoms with van der Waals surface area (Å²) in [5, 5.41) is 18.2. The van der Waals surface area contributed by atoms with Gasteiger partial charge in [-0.1, -0.05) is 25.5 Å². The number of non-ortho nitro benzene ring substituents is 1. The van der Waals surface area contributed by atoms with E-state index in [1.54, 1.807) is 12.1 Å². The molecule has 2 aromatic carbocycles. The number of hydrogen-bond donors (Lipinski definition) is 2. The van der Waals surface area contributed by atoms with Gasteiger partial charge in [0.25, 0.3) is 5.69 Å². The van der Waals surface area contributed by atoms with Crippen LogP contribution in [0.15, 0.2) is 48.5 Å². The van der Waals surface area contributed by atoms with Gasteiger partial charge in [-0.2, -0.15) is 4.98 Å². The molecule has 0 bridgehead atoms. The number of nitrogens with zero attached hydrogens (tertiary/aromatic N) is 3. The van der Waals surface area contributed by atoms with Crippen LogP contribution in [-0.4, -0.2) is 21.4 Å². The predicted molar refractivity (Wildman–Crippen MR) is 99.3 cm³/mol. The first-order chi connectivity index (χ1) is 12.2. The Hall–Kier alpha value is -3.22. The van der Waals surface area contributed by atoms with Crippen molar-refractivity contribution in [2.24, 2.45) is 0 Å². The molecule has 0 aliphatic heterocycles. The van der Waals surface area contributed by atoms with Crippen LogP contribution in [0.2, 0.25) is 0 Å². The van der Waals surface area contributed by atoms with Gasteiger partial charge in [0.1, 0.15) is 5.82 Å². The summed E-state index contributed by atoms with van der Waals surface area (Å²) >= 11 is 0. The normalized spacial score (nSPS) is 10.6. The summed E-state index contributed by atoms with van der Waals surface area (Å²) < 4.78 is 0. The molecule has 0 radical (unpaired) electrons. The van der Waals surface area contributed by atoms with E-state index in [1.807, 2.05) is 24.3 Å². The number of aromatic nitrogens is 2. The largest absolute Gasteiger partial charge is 0.369 e. The lowest BCUT2D eigenvalue weighted by Crippen LogP contribution is -2.06. The maximum atomic E-state index is 10.7. The smallest absolute Gasteiger partial charge is 0.269 e. The van der Waals surface area contributed by atoms with Crippen molar-refractivity contribution in [3.8, 4) is 0 Å². The van der Waals surface area contributed by atoms with Crippen LogP contribution in [0.25, 0.3) is 10.9 Å². The Morgan fingerprint density at radius 1 is 1.08 bits per heavy atom. The van der Waals surface area contributed by atoms with Gasteiger partial charge in [0.05, 0.1) is 10.4 Å². The van der Waals surface area contributed by atoms with Crippen molar-refractivity contribution in [1.82, 2.24) is 9.97 Å². The molecule has 0 aliphatic rings. The number of rotatable bonds is 7. The Bertz CT molecular complexity index is 880. The Labute approximate surface area is 145 Å². The third-order valence-electron chi connectivity index (χ3n) is 3.76. The lowest BCUT2D eigenvalue weighted by atomic mass is 10.2. The second-order valence-electron chi connectivity index (χ2n) is 5.62. The van der Waals surface area contributed by atoms with Crippen LogP contribution < -0.4 is 10.6 Å². The number of nitro benzene ring substituents is 1. The minimum absolute atomic E-state index is 0.0481. The number of para-hydroxylation sites is 1. The molecule has 2 N–H and O–H groups in total. The highest BCUT2D eigenvalue weighted by molar-refractivity contribution is 5.90. The van der Waals surface area contributed by atoms with Crippen molar-refractivity contribution in [2.45, 2.75) is 19.8 Å². The molecule has 3 rings (SSSR count). The zero-order valence-electron chi connectivity index (χ0n) is 13.9. The number of nitrogens with one attached hydrogen (secondary N) is 2. The molecule has 0 amide bonds. The first-order valence-corrected chi connectivity index (χ1v) is 8.19. The number of hydrogen-bond acceptors (Lipinski definition) is 6. The van der Waals surface area contributed by atoms with E-state index in [-0.39, 0.29) is 5.69 Å². The summed E-state index contributed by atoms with van der Waals surface area (Å²) in [5.41, 5.74) is 1.58. The second-order valence-corrected chi connectivity index (χ2v) is 5.62. The summed E-state index contributed by atoms with van der Waals surface area (Å²) in [5.74, 6) is 1.23. The molecular formula is C18H19N5O2. The van der Waals surface area contributed by atoms with Crippen LogP contribution in [0.4, 0.5) is 23.1 Å². The van der Waals surface area contributed by atoms with Crippen LogP contribution in [-0.2, 0) is 0 Å². The minimum atomic E-state index is -0.425. The van der Waals surface area contributed by atoms with E-state index in [4.69, 9.17) is 0 Å². The highest BCUT2D eigenvalue weighted by Gasteiger charge is 2.09. The fourth-order valence-electron chi connectivity index (χ4n) is 2.45. The van der Waals surface area contributed by atoms with Gasteiger partial charge >= 0.3 is 0 Å². The van der Waals surface area contributed by atoms with Crippen molar-refractivity contribution >= 4 is 34.0 Å². The summed E-state index contributed by atoms with van der Waals surface area (Å²) in [6, 6.07) is 14.0. The van der Waals surface area contributed by atoms with Gasteiger partial charge in [0, 0.05) is 29.8 Å². The van der Waals surface area contributed by atoms with Crippen molar-refractivity contribution in [3.63, 3.8) is 0 Å². The van der Waals surface area contributed by atoms with Gasteiger partial charge in [-0.25, -0.2) is 4.98 Å². The molecule has 0 atom stereocenters. The molecule has 7 nitrogen and oxygen atoms in total. The quantitative estimate of drug-likeness (QED) is 0.375. The standard InChI is InChI=1S/C18H19N5O2/c1-2-3-12-19-17-15-6-4-5-7-16(15)21-18(22-17)20-13-8-10-14(11-9-13)23(24)25/h4-11H,2-3,12H2,1H3,(H2,19,20,21,22). The molecule has 0 fully saturated rings. The van der Waals surface area contributed by atoms with Crippen LogP contribution in [0.5, 0.6) is 0 Å². The Kier molecular flexibility index (Phi) is 5.03. The number of anilines is 3. The molecule has 3 aromatic rings.